The van der Waals surface area contributed by atoms with E-state index in [1.54, 1.807) is 29.2 Å². The second-order valence-corrected chi connectivity index (χ2v) is 5.43. The molecule has 0 fully saturated rings. The molecule has 1 aromatic heterocycles. The first-order valence-electron chi connectivity index (χ1n) is 7.17. The van der Waals surface area contributed by atoms with Gasteiger partial charge in [0.1, 0.15) is 5.82 Å². The molecule has 1 heterocycles. The highest BCUT2D eigenvalue weighted by molar-refractivity contribution is 6.31. The first-order valence-corrected chi connectivity index (χ1v) is 7.54. The van der Waals surface area contributed by atoms with Gasteiger partial charge in [-0.15, -0.1) is 0 Å². The zero-order chi connectivity index (χ0) is 17.5. The summed E-state index contributed by atoms with van der Waals surface area (Å²) in [7, 11) is 0. The Morgan fingerprint density at radius 2 is 2.25 bits per heavy atom. The average molecular weight is 349 g/mol. The summed E-state index contributed by atoms with van der Waals surface area (Å²) in [5.41, 5.74) is 0.219. The van der Waals surface area contributed by atoms with Crippen molar-refractivity contribution in [2.75, 3.05) is 5.32 Å². The van der Waals surface area contributed by atoms with Gasteiger partial charge in [-0.25, -0.2) is 4.39 Å². The van der Waals surface area contributed by atoms with E-state index in [1.807, 2.05) is 0 Å². The smallest absolute Gasteiger partial charge is 0.249 e. The molecular formula is C16H14ClFN4O2. The monoisotopic (exact) mass is 348 g/mol. The summed E-state index contributed by atoms with van der Waals surface area (Å²) in [5.74, 6) is -3.28. The molecule has 0 aliphatic carbocycles. The molecule has 0 spiro atoms. The Hall–Kier alpha value is -2.72. The largest absolute Gasteiger partial charge is 0.324 e. The van der Waals surface area contributed by atoms with Crippen LogP contribution in [-0.2, 0) is 16.1 Å². The van der Waals surface area contributed by atoms with Gasteiger partial charge < -0.3 is 5.32 Å². The maximum absolute atomic E-state index is 13.1. The lowest BCUT2D eigenvalue weighted by Crippen LogP contribution is -2.28. The number of ketones is 1. The predicted molar refractivity (Wildman–Crippen MR) is 85.6 cm³/mol. The molecule has 124 valence electrons. The highest BCUT2D eigenvalue weighted by Crippen LogP contribution is 2.20. The van der Waals surface area contributed by atoms with Gasteiger partial charge >= 0.3 is 0 Å². The molecule has 0 saturated carbocycles. The minimum Gasteiger partial charge on any atom is -0.324 e. The number of nitrogens with zero attached hydrogens (tertiary/aromatic N) is 3. The van der Waals surface area contributed by atoms with Crippen LogP contribution in [0.3, 0.4) is 0 Å². The van der Waals surface area contributed by atoms with Gasteiger partial charge in [0.05, 0.1) is 11.1 Å². The quantitative estimate of drug-likeness (QED) is 0.779. The van der Waals surface area contributed by atoms with Crippen molar-refractivity contribution in [1.29, 1.82) is 5.26 Å². The molecule has 8 heteroatoms. The van der Waals surface area contributed by atoms with E-state index in [0.717, 1.165) is 6.07 Å². The third kappa shape index (κ3) is 4.64. The summed E-state index contributed by atoms with van der Waals surface area (Å²) in [4.78, 5) is 24.1. The Kier molecular flexibility index (Phi) is 6.04. The molecule has 0 saturated heterocycles. The van der Waals surface area contributed by atoms with E-state index in [9.17, 15) is 14.0 Å². The Labute approximate surface area is 142 Å². The van der Waals surface area contributed by atoms with Crippen LogP contribution in [-0.4, -0.2) is 21.5 Å². The summed E-state index contributed by atoms with van der Waals surface area (Å²) < 4.78 is 14.7. The van der Waals surface area contributed by atoms with E-state index < -0.39 is 23.4 Å². The summed E-state index contributed by atoms with van der Waals surface area (Å²) in [6, 6.07) is 7.07. The van der Waals surface area contributed by atoms with Crippen LogP contribution in [0.4, 0.5) is 10.1 Å². The molecule has 0 aliphatic rings. The summed E-state index contributed by atoms with van der Waals surface area (Å²) in [6.45, 7) is 0.520. The number of carbonyl (C=O) groups is 2. The van der Waals surface area contributed by atoms with E-state index in [1.165, 1.54) is 12.1 Å². The minimum absolute atomic E-state index is 0.0790. The van der Waals surface area contributed by atoms with Crippen molar-refractivity contribution in [3.63, 3.8) is 0 Å². The molecule has 6 nitrogen and oxygen atoms in total. The topological polar surface area (TPSA) is 87.8 Å². The average Bonchev–Trinajstić information content (AvgIpc) is 3.05. The number of benzene rings is 1. The van der Waals surface area contributed by atoms with Crippen molar-refractivity contribution in [3.05, 3.63) is 47.5 Å². The number of Topliss-reactive ketones (excluding diaryl/α,β-unsaturated/α-hetero) is 1. The normalized spacial score (nSPS) is 11.5. The van der Waals surface area contributed by atoms with Gasteiger partial charge in [-0.3, -0.25) is 14.3 Å². The molecule has 0 unspecified atom stereocenters. The minimum atomic E-state index is -1.42. The third-order valence-corrected chi connectivity index (χ3v) is 3.56. The Morgan fingerprint density at radius 3 is 2.88 bits per heavy atom. The molecule has 1 amide bonds. The Bertz CT molecular complexity index is 771. The van der Waals surface area contributed by atoms with Crippen molar-refractivity contribution in [3.8, 4) is 6.07 Å². The Morgan fingerprint density at radius 1 is 1.46 bits per heavy atom. The molecule has 0 aliphatic heterocycles. The van der Waals surface area contributed by atoms with Crippen molar-refractivity contribution in [2.24, 2.45) is 5.92 Å². The van der Waals surface area contributed by atoms with Gasteiger partial charge in [0.25, 0.3) is 0 Å². The van der Waals surface area contributed by atoms with Crippen LogP contribution in [0.25, 0.3) is 0 Å². The molecule has 0 bridgehead atoms. The standard InChI is InChI=1S/C16H14ClFN4O2/c17-13-9-11(4-5-14(13)18)21-16(24)12(10-19)15(23)3-1-7-22-8-2-6-20-22/h2,4-6,8-9,12H,1,3,7H2,(H,21,24)/t12-/m1/s1. The fraction of sp³-hybridized carbons (Fsp3) is 0.250. The third-order valence-electron chi connectivity index (χ3n) is 3.27. The number of hydrogen-bond acceptors (Lipinski definition) is 4. The number of nitrogens with one attached hydrogen (secondary N) is 1. The fourth-order valence-electron chi connectivity index (χ4n) is 2.06. The molecule has 2 rings (SSSR count). The van der Waals surface area contributed by atoms with Crippen LogP contribution < -0.4 is 5.32 Å². The summed E-state index contributed by atoms with van der Waals surface area (Å²) in [6.07, 6.45) is 3.93. The summed E-state index contributed by atoms with van der Waals surface area (Å²) >= 11 is 5.62. The number of anilines is 1. The maximum Gasteiger partial charge on any atom is 0.249 e. The predicted octanol–water partition coefficient (Wildman–Crippen LogP) is 2.80. The van der Waals surface area contributed by atoms with Crippen LogP contribution in [0.15, 0.2) is 36.7 Å². The van der Waals surface area contributed by atoms with Crippen molar-refractivity contribution in [1.82, 2.24) is 9.78 Å². The number of halogens is 2. The SMILES string of the molecule is N#C[C@H](C(=O)CCCn1cccn1)C(=O)Nc1ccc(F)c(Cl)c1. The second kappa shape index (κ2) is 8.22. The number of amides is 1. The van der Waals surface area contributed by atoms with Gasteiger partial charge in [-0.2, -0.15) is 10.4 Å². The van der Waals surface area contributed by atoms with Gasteiger partial charge in [0.15, 0.2) is 11.7 Å². The zero-order valence-corrected chi connectivity index (χ0v) is 13.3. The number of nitriles is 1. The number of carbonyl (C=O) groups excluding carboxylic acids is 2. The van der Waals surface area contributed by atoms with E-state index in [-0.39, 0.29) is 17.1 Å². The molecular weight excluding hydrogens is 335 g/mol. The second-order valence-electron chi connectivity index (χ2n) is 5.02. The molecule has 1 atom stereocenters. The van der Waals surface area contributed by atoms with E-state index in [4.69, 9.17) is 16.9 Å². The van der Waals surface area contributed by atoms with Crippen molar-refractivity contribution in [2.45, 2.75) is 19.4 Å². The Balaban J connectivity index is 1.91. The lowest BCUT2D eigenvalue weighted by atomic mass is 10.0. The van der Waals surface area contributed by atoms with Crippen LogP contribution >= 0.6 is 11.6 Å². The highest BCUT2D eigenvalue weighted by Gasteiger charge is 2.26. The number of hydrogen-bond donors (Lipinski definition) is 1. The fourth-order valence-corrected chi connectivity index (χ4v) is 2.24. The van der Waals surface area contributed by atoms with E-state index in [0.29, 0.717) is 13.0 Å². The lowest BCUT2D eigenvalue weighted by molar-refractivity contribution is -0.128. The van der Waals surface area contributed by atoms with Gasteiger partial charge in [0.2, 0.25) is 5.91 Å². The van der Waals surface area contributed by atoms with Gasteiger partial charge in [-0.05, 0) is 30.7 Å². The van der Waals surface area contributed by atoms with Crippen LogP contribution in [0.5, 0.6) is 0 Å². The number of aromatic nitrogens is 2. The van der Waals surface area contributed by atoms with Crippen LogP contribution in [0.2, 0.25) is 5.02 Å². The first-order chi connectivity index (χ1) is 11.5. The van der Waals surface area contributed by atoms with Gasteiger partial charge in [0, 0.05) is 31.0 Å². The van der Waals surface area contributed by atoms with E-state index in [2.05, 4.69) is 10.4 Å². The van der Waals surface area contributed by atoms with Crippen LogP contribution in [0, 0.1) is 23.1 Å². The van der Waals surface area contributed by atoms with Crippen LogP contribution in [0.1, 0.15) is 12.8 Å². The number of rotatable bonds is 7. The molecule has 0 radical (unpaired) electrons. The zero-order valence-electron chi connectivity index (χ0n) is 12.6. The molecule has 24 heavy (non-hydrogen) atoms. The van der Waals surface area contributed by atoms with Gasteiger partial charge in [-0.1, -0.05) is 11.6 Å². The lowest BCUT2D eigenvalue weighted by Gasteiger charge is -2.10. The molecule has 2 aromatic rings. The van der Waals surface area contributed by atoms with E-state index >= 15 is 0 Å². The summed E-state index contributed by atoms with van der Waals surface area (Å²) in [5, 5.41) is 15.3. The maximum atomic E-state index is 13.1. The number of aryl methyl sites for hydroxylation is 1. The van der Waals surface area contributed by atoms with Crippen molar-refractivity contribution < 1.29 is 14.0 Å². The highest BCUT2D eigenvalue weighted by atomic mass is 35.5. The molecule has 1 aromatic carbocycles. The molecule has 1 N–H and O–H groups in total. The first kappa shape index (κ1) is 17.6. The van der Waals surface area contributed by atoms with Crippen molar-refractivity contribution >= 4 is 29.0 Å².